The van der Waals surface area contributed by atoms with Gasteiger partial charge in [0, 0.05) is 6.54 Å². The van der Waals surface area contributed by atoms with Crippen LogP contribution in [-0.2, 0) is 23.9 Å². The van der Waals surface area contributed by atoms with Crippen LogP contribution in [-0.4, -0.2) is 93.0 Å². The summed E-state index contributed by atoms with van der Waals surface area (Å²) < 4.78 is 10.4. The van der Waals surface area contributed by atoms with Crippen LogP contribution in [0.4, 0.5) is 9.59 Å². The number of rotatable bonds is 9. The second-order valence-electron chi connectivity index (χ2n) is 11.2. The first-order valence-corrected chi connectivity index (χ1v) is 11.9. The van der Waals surface area contributed by atoms with Crippen LogP contribution in [0.5, 0.6) is 0 Å². The van der Waals surface area contributed by atoms with Gasteiger partial charge >= 0.3 is 25.3 Å². The van der Waals surface area contributed by atoms with E-state index in [1.54, 1.807) is 41.5 Å². The molecular formula is C22H39BN4O10. The highest BCUT2D eigenvalue weighted by Crippen LogP contribution is 2.31. The fourth-order valence-corrected chi connectivity index (χ4v) is 3.94. The molecule has 0 aromatic carbocycles. The zero-order valence-electron chi connectivity index (χ0n) is 22.2. The molecule has 4 amide bonds. The third-order valence-corrected chi connectivity index (χ3v) is 5.27. The summed E-state index contributed by atoms with van der Waals surface area (Å²) >= 11 is 0. The monoisotopic (exact) mass is 530 g/mol. The van der Waals surface area contributed by atoms with Gasteiger partial charge in [0.05, 0.1) is 13.0 Å². The Kier molecular flexibility index (Phi) is 10.8. The van der Waals surface area contributed by atoms with Gasteiger partial charge in [-0.15, -0.1) is 0 Å². The highest BCUT2D eigenvalue weighted by atomic mass is 16.6. The van der Waals surface area contributed by atoms with Crippen LogP contribution in [0, 0.1) is 5.92 Å². The summed E-state index contributed by atoms with van der Waals surface area (Å²) in [4.78, 5) is 63.5. The van der Waals surface area contributed by atoms with Crippen molar-refractivity contribution in [3.63, 3.8) is 0 Å². The molecule has 0 aliphatic carbocycles. The highest BCUT2D eigenvalue weighted by Gasteiger charge is 2.50. The molecule has 7 N–H and O–H groups in total. The minimum Gasteiger partial charge on any atom is -0.479 e. The zero-order valence-corrected chi connectivity index (χ0v) is 22.2. The number of carbonyl (C=O) groups is 5. The molecule has 3 atom stereocenters. The van der Waals surface area contributed by atoms with E-state index in [1.165, 1.54) is 0 Å². The standard InChI is InChI=1S/C22H39BN4O10/c1-20(2,3)36-18(32)25-14(9-15(24)28)16(29)27-11-13(7-8-23(34)35)10-22(12-27,17(30)31)26-19(33)37-21(4,5)6/h13-14,34-35H,7-12H2,1-6H3,(H2,24,28)(H,25,32)(H,26,33)(H,30,31)/t13-,14-,22+/m0/s1. The Balaban J connectivity index is 3.32. The Morgan fingerprint density at radius 2 is 1.59 bits per heavy atom. The number of hydrogen-bond acceptors (Lipinski definition) is 9. The SMILES string of the molecule is CC(C)(C)OC(=O)N[C@@H](CC(N)=O)C(=O)N1C[C@@H](CCB(O)O)C[C@](NC(=O)OC(C)(C)C)(C(=O)O)C1. The molecule has 0 aromatic rings. The molecule has 0 aromatic heterocycles. The number of nitrogens with one attached hydrogen (secondary N) is 2. The normalized spacial score (nSPS) is 20.9. The summed E-state index contributed by atoms with van der Waals surface area (Å²) in [5.41, 5.74) is 1.44. The van der Waals surface area contributed by atoms with Crippen LogP contribution in [0.2, 0.25) is 6.32 Å². The molecule has 14 nitrogen and oxygen atoms in total. The third-order valence-electron chi connectivity index (χ3n) is 5.27. The lowest BCUT2D eigenvalue weighted by atomic mass is 9.75. The van der Waals surface area contributed by atoms with Gasteiger partial charge < -0.3 is 45.9 Å². The number of likely N-dealkylation sites (tertiary alicyclic amines) is 1. The number of alkyl carbamates (subject to hydrolysis) is 2. The number of amides is 4. The van der Waals surface area contributed by atoms with Crippen LogP contribution in [0.1, 0.15) is 60.8 Å². The van der Waals surface area contributed by atoms with E-state index in [2.05, 4.69) is 10.6 Å². The van der Waals surface area contributed by atoms with E-state index < -0.39 is 78.8 Å². The fraction of sp³-hybridized carbons (Fsp3) is 0.773. The Bertz CT molecular complexity index is 871. The lowest BCUT2D eigenvalue weighted by Gasteiger charge is -2.45. The highest BCUT2D eigenvalue weighted by molar-refractivity contribution is 6.40. The third kappa shape index (κ3) is 11.2. The number of carboxylic acid groups (broad SMARTS) is 1. The molecule has 37 heavy (non-hydrogen) atoms. The summed E-state index contributed by atoms with van der Waals surface area (Å²) in [5.74, 6) is -3.77. The number of carbonyl (C=O) groups excluding carboxylic acids is 4. The van der Waals surface area contributed by atoms with Gasteiger partial charge in [-0.3, -0.25) is 9.59 Å². The first kappa shape index (κ1) is 32.0. The summed E-state index contributed by atoms with van der Waals surface area (Å²) in [6.45, 7) is 9.05. The van der Waals surface area contributed by atoms with Gasteiger partial charge in [-0.05, 0) is 60.2 Å². The van der Waals surface area contributed by atoms with E-state index in [-0.39, 0.29) is 25.7 Å². The van der Waals surface area contributed by atoms with E-state index in [0.717, 1.165) is 4.90 Å². The van der Waals surface area contributed by atoms with Gasteiger partial charge in [0.2, 0.25) is 11.8 Å². The number of hydrogen-bond donors (Lipinski definition) is 6. The predicted molar refractivity (Wildman–Crippen MR) is 131 cm³/mol. The Labute approximate surface area is 216 Å². The maximum Gasteiger partial charge on any atom is 0.451 e. The maximum absolute atomic E-state index is 13.5. The number of nitrogens with two attached hydrogens (primary N) is 1. The van der Waals surface area contributed by atoms with Crippen LogP contribution in [0.25, 0.3) is 0 Å². The molecule has 15 heteroatoms. The Morgan fingerprint density at radius 3 is 2.05 bits per heavy atom. The first-order chi connectivity index (χ1) is 16.7. The first-order valence-electron chi connectivity index (χ1n) is 11.9. The number of nitrogens with zero attached hydrogens (tertiary/aromatic N) is 1. The molecule has 1 fully saturated rings. The average molecular weight is 530 g/mol. The molecule has 1 saturated heterocycles. The predicted octanol–water partition coefficient (Wildman–Crippen LogP) is -0.185. The van der Waals surface area contributed by atoms with Crippen LogP contribution in [0.3, 0.4) is 0 Å². The van der Waals surface area contributed by atoms with Crippen molar-refractivity contribution in [3.8, 4) is 0 Å². The maximum atomic E-state index is 13.5. The van der Waals surface area contributed by atoms with Crippen molar-refractivity contribution in [3.05, 3.63) is 0 Å². The number of piperidine rings is 1. The molecule has 1 rings (SSSR count). The molecule has 210 valence electrons. The van der Waals surface area contributed by atoms with Gasteiger partial charge in [-0.1, -0.05) is 6.42 Å². The van der Waals surface area contributed by atoms with Crippen molar-refractivity contribution in [2.24, 2.45) is 11.7 Å². The van der Waals surface area contributed by atoms with Crippen molar-refractivity contribution in [1.82, 2.24) is 15.5 Å². The molecule has 0 bridgehead atoms. The van der Waals surface area contributed by atoms with Crippen molar-refractivity contribution < 1.29 is 48.6 Å². The second-order valence-corrected chi connectivity index (χ2v) is 11.2. The zero-order chi connectivity index (χ0) is 28.8. The average Bonchev–Trinajstić information content (AvgIpc) is 2.67. The van der Waals surface area contributed by atoms with Gasteiger partial charge in [0.1, 0.15) is 17.2 Å². The van der Waals surface area contributed by atoms with Crippen molar-refractivity contribution in [2.75, 3.05) is 13.1 Å². The van der Waals surface area contributed by atoms with Gasteiger partial charge in [0.25, 0.3) is 0 Å². The van der Waals surface area contributed by atoms with Gasteiger partial charge in [-0.2, -0.15) is 0 Å². The molecule has 0 radical (unpaired) electrons. The molecule has 1 aliphatic heterocycles. The molecule has 1 heterocycles. The number of ether oxygens (including phenoxy) is 2. The quantitative estimate of drug-likeness (QED) is 0.216. The minimum atomic E-state index is -2.00. The lowest BCUT2D eigenvalue weighted by Crippen LogP contribution is -2.67. The summed E-state index contributed by atoms with van der Waals surface area (Å²) in [6.07, 6.45) is -2.75. The van der Waals surface area contributed by atoms with Crippen molar-refractivity contribution >= 4 is 37.1 Å². The lowest BCUT2D eigenvalue weighted by molar-refractivity contribution is -0.152. The summed E-state index contributed by atoms with van der Waals surface area (Å²) in [6, 6.07) is -1.47. The van der Waals surface area contributed by atoms with Crippen molar-refractivity contribution in [2.45, 2.75) is 89.9 Å². The molecule has 0 spiro atoms. The van der Waals surface area contributed by atoms with Gasteiger partial charge in [-0.25, -0.2) is 14.4 Å². The molecular weight excluding hydrogens is 491 g/mol. The van der Waals surface area contributed by atoms with Crippen LogP contribution >= 0.6 is 0 Å². The summed E-state index contributed by atoms with van der Waals surface area (Å²) in [5, 5.41) is 33.4. The summed E-state index contributed by atoms with van der Waals surface area (Å²) in [7, 11) is -1.67. The van der Waals surface area contributed by atoms with Crippen LogP contribution in [0.15, 0.2) is 0 Å². The van der Waals surface area contributed by atoms with E-state index >= 15 is 0 Å². The number of carboxylic acids is 1. The van der Waals surface area contributed by atoms with Crippen LogP contribution < -0.4 is 16.4 Å². The molecule has 0 saturated carbocycles. The minimum absolute atomic E-state index is 0.0398. The van der Waals surface area contributed by atoms with Crippen molar-refractivity contribution in [1.29, 1.82) is 0 Å². The topological polar surface area (TPSA) is 218 Å². The smallest absolute Gasteiger partial charge is 0.451 e. The largest absolute Gasteiger partial charge is 0.479 e. The van der Waals surface area contributed by atoms with E-state index in [4.69, 9.17) is 15.2 Å². The molecule has 1 aliphatic rings. The van der Waals surface area contributed by atoms with E-state index in [9.17, 15) is 39.1 Å². The van der Waals surface area contributed by atoms with E-state index in [0.29, 0.717) is 0 Å². The fourth-order valence-electron chi connectivity index (χ4n) is 3.94. The molecule has 0 unspecified atom stereocenters. The van der Waals surface area contributed by atoms with Gasteiger partial charge in [0.15, 0.2) is 5.54 Å². The number of primary amides is 1. The Morgan fingerprint density at radius 1 is 1.05 bits per heavy atom. The number of aliphatic carboxylic acids is 1. The Hall–Kier alpha value is -3.07. The van der Waals surface area contributed by atoms with E-state index in [1.807, 2.05) is 0 Å². The second kappa shape index (κ2) is 12.5.